The molecule has 0 aromatic carbocycles. The largest absolute Gasteiger partial charge is 0.377 e. The second-order valence-electron chi connectivity index (χ2n) is 3.66. The van der Waals surface area contributed by atoms with Crippen molar-refractivity contribution in [1.82, 2.24) is 4.90 Å². The van der Waals surface area contributed by atoms with Gasteiger partial charge in [0.05, 0.1) is 4.99 Å². The fourth-order valence-electron chi connectivity index (χ4n) is 1.72. The van der Waals surface area contributed by atoms with Gasteiger partial charge in [0, 0.05) is 27.3 Å². The molecular weight excluding hydrogens is 210 g/mol. The van der Waals surface area contributed by atoms with Crippen molar-refractivity contribution in [3.05, 3.63) is 12.2 Å². The molecule has 0 N–H and O–H groups in total. The van der Waals surface area contributed by atoms with Crippen LogP contribution in [0, 0.1) is 0 Å². The van der Waals surface area contributed by atoms with Crippen molar-refractivity contribution >= 4 is 17.2 Å². The molecule has 86 valence electrons. The van der Waals surface area contributed by atoms with E-state index in [4.69, 9.17) is 21.7 Å². The number of ether oxygens (including phenoxy) is 2. The van der Waals surface area contributed by atoms with Crippen molar-refractivity contribution in [2.75, 3.05) is 27.3 Å². The van der Waals surface area contributed by atoms with Gasteiger partial charge in [0.2, 0.25) is 0 Å². The van der Waals surface area contributed by atoms with Crippen LogP contribution in [0.15, 0.2) is 12.2 Å². The van der Waals surface area contributed by atoms with Gasteiger partial charge < -0.3 is 14.4 Å². The van der Waals surface area contributed by atoms with E-state index in [9.17, 15) is 0 Å². The van der Waals surface area contributed by atoms with Crippen molar-refractivity contribution < 1.29 is 9.47 Å². The highest BCUT2D eigenvalue weighted by molar-refractivity contribution is 7.80. The van der Waals surface area contributed by atoms with Gasteiger partial charge in [0.25, 0.3) is 0 Å². The van der Waals surface area contributed by atoms with E-state index in [1.807, 2.05) is 6.92 Å². The van der Waals surface area contributed by atoms with Gasteiger partial charge in [-0.05, 0) is 13.3 Å². The Kier molecular flexibility index (Phi) is 5.22. The fraction of sp³-hybridized carbons (Fsp3) is 0.727. The normalized spacial score (nSPS) is 27.3. The van der Waals surface area contributed by atoms with E-state index in [-0.39, 0.29) is 12.2 Å². The third-order valence-electron chi connectivity index (χ3n) is 2.68. The molecule has 0 aromatic heterocycles. The van der Waals surface area contributed by atoms with Crippen LogP contribution in [0.25, 0.3) is 0 Å². The topological polar surface area (TPSA) is 21.7 Å². The van der Waals surface area contributed by atoms with E-state index < -0.39 is 0 Å². The van der Waals surface area contributed by atoms with Gasteiger partial charge >= 0.3 is 0 Å². The van der Waals surface area contributed by atoms with Crippen molar-refractivity contribution in [1.29, 1.82) is 0 Å². The molecule has 1 aliphatic rings. The van der Waals surface area contributed by atoms with E-state index in [0.717, 1.165) is 24.5 Å². The van der Waals surface area contributed by atoms with E-state index >= 15 is 0 Å². The maximum absolute atomic E-state index is 5.43. The summed E-state index contributed by atoms with van der Waals surface area (Å²) in [6, 6.07) is 0. The summed E-state index contributed by atoms with van der Waals surface area (Å²) >= 11 is 5.20. The summed E-state index contributed by atoms with van der Waals surface area (Å²) in [6.45, 7) is 3.71. The molecule has 1 heterocycles. The third kappa shape index (κ3) is 3.55. The number of methoxy groups -OCH3 is 2. The molecule has 0 saturated heterocycles. The standard InChI is InChI=1S/C11H19NO2S/c1-9(15)12-7-5-4-6-10(13-2)11(8-12)14-3/h4,6,10-11H,5,7-8H2,1-3H3. The smallest absolute Gasteiger partial charge is 0.104 e. The van der Waals surface area contributed by atoms with Gasteiger partial charge in [-0.15, -0.1) is 0 Å². The first-order valence-electron chi connectivity index (χ1n) is 5.16. The Morgan fingerprint density at radius 3 is 2.67 bits per heavy atom. The molecule has 2 unspecified atom stereocenters. The van der Waals surface area contributed by atoms with E-state index in [2.05, 4.69) is 17.1 Å². The summed E-state index contributed by atoms with van der Waals surface area (Å²) < 4.78 is 10.8. The third-order valence-corrected chi connectivity index (χ3v) is 2.94. The van der Waals surface area contributed by atoms with Crippen LogP contribution in [0.4, 0.5) is 0 Å². The summed E-state index contributed by atoms with van der Waals surface area (Å²) in [5.74, 6) is 0. The minimum atomic E-state index is 0.0205. The minimum Gasteiger partial charge on any atom is -0.377 e. The first kappa shape index (κ1) is 12.6. The summed E-state index contributed by atoms with van der Waals surface area (Å²) in [4.78, 5) is 3.08. The van der Waals surface area contributed by atoms with Gasteiger partial charge in [-0.3, -0.25) is 0 Å². The van der Waals surface area contributed by atoms with Crippen LogP contribution in [0.2, 0.25) is 0 Å². The Morgan fingerprint density at radius 1 is 1.40 bits per heavy atom. The summed E-state index contributed by atoms with van der Waals surface area (Å²) in [5.41, 5.74) is 0. The van der Waals surface area contributed by atoms with Gasteiger partial charge in [0.15, 0.2) is 0 Å². The molecule has 0 aliphatic carbocycles. The molecule has 1 rings (SSSR count). The van der Waals surface area contributed by atoms with Crippen molar-refractivity contribution in [3.63, 3.8) is 0 Å². The zero-order valence-corrected chi connectivity index (χ0v) is 10.4. The SMILES string of the molecule is COC1C=CCCN(C(C)=S)CC1OC. The first-order valence-corrected chi connectivity index (χ1v) is 5.57. The lowest BCUT2D eigenvalue weighted by Crippen LogP contribution is -2.43. The lowest BCUT2D eigenvalue weighted by atomic mass is 10.1. The number of nitrogens with zero attached hydrogens (tertiary/aromatic N) is 1. The summed E-state index contributed by atoms with van der Waals surface area (Å²) in [7, 11) is 3.42. The highest BCUT2D eigenvalue weighted by atomic mass is 32.1. The lowest BCUT2D eigenvalue weighted by Gasteiger charge is -2.32. The van der Waals surface area contributed by atoms with Gasteiger partial charge in [-0.1, -0.05) is 24.4 Å². The molecule has 1 aliphatic heterocycles. The van der Waals surface area contributed by atoms with Gasteiger partial charge in [-0.2, -0.15) is 0 Å². The molecule has 0 radical (unpaired) electrons. The predicted octanol–water partition coefficient (Wildman–Crippen LogP) is 1.63. The summed E-state index contributed by atoms with van der Waals surface area (Å²) in [5, 5.41) is 0. The Balaban J connectivity index is 2.73. The van der Waals surface area contributed by atoms with Crippen LogP contribution in [0.3, 0.4) is 0 Å². The Morgan fingerprint density at radius 2 is 2.13 bits per heavy atom. The number of hydrogen-bond acceptors (Lipinski definition) is 3. The number of rotatable bonds is 2. The van der Waals surface area contributed by atoms with Crippen LogP contribution in [0.1, 0.15) is 13.3 Å². The van der Waals surface area contributed by atoms with Crippen molar-refractivity contribution in [3.8, 4) is 0 Å². The average Bonchev–Trinajstić information content (AvgIpc) is 2.17. The molecule has 15 heavy (non-hydrogen) atoms. The van der Waals surface area contributed by atoms with Gasteiger partial charge in [0.1, 0.15) is 12.2 Å². The molecule has 0 bridgehead atoms. The molecule has 0 aromatic rings. The predicted molar refractivity (Wildman–Crippen MR) is 65.2 cm³/mol. The zero-order chi connectivity index (χ0) is 11.3. The highest BCUT2D eigenvalue weighted by Gasteiger charge is 2.23. The van der Waals surface area contributed by atoms with Crippen LogP contribution >= 0.6 is 12.2 Å². The zero-order valence-electron chi connectivity index (χ0n) is 9.60. The van der Waals surface area contributed by atoms with Crippen LogP contribution in [-0.2, 0) is 9.47 Å². The summed E-state index contributed by atoms with van der Waals surface area (Å²) in [6.07, 6.45) is 5.27. The van der Waals surface area contributed by atoms with Gasteiger partial charge in [-0.25, -0.2) is 0 Å². The second-order valence-corrected chi connectivity index (χ2v) is 4.25. The van der Waals surface area contributed by atoms with Crippen LogP contribution < -0.4 is 0 Å². The molecule has 0 saturated carbocycles. The average molecular weight is 229 g/mol. The maximum Gasteiger partial charge on any atom is 0.104 e. The van der Waals surface area contributed by atoms with E-state index in [0.29, 0.717) is 0 Å². The molecule has 0 spiro atoms. The van der Waals surface area contributed by atoms with Crippen LogP contribution in [0.5, 0.6) is 0 Å². The fourth-order valence-corrected chi connectivity index (χ4v) is 1.89. The quantitative estimate of drug-likeness (QED) is 0.530. The minimum absolute atomic E-state index is 0.0205. The van der Waals surface area contributed by atoms with Crippen molar-refractivity contribution in [2.45, 2.75) is 25.6 Å². The molecule has 2 atom stereocenters. The molecular formula is C11H19NO2S. The molecule has 0 fully saturated rings. The number of hydrogen-bond donors (Lipinski definition) is 0. The monoisotopic (exact) mass is 229 g/mol. The van der Waals surface area contributed by atoms with Crippen molar-refractivity contribution in [2.24, 2.45) is 0 Å². The Labute approximate surface area is 97.0 Å². The highest BCUT2D eigenvalue weighted by Crippen LogP contribution is 2.12. The van der Waals surface area contributed by atoms with Crippen LogP contribution in [-0.4, -0.2) is 49.4 Å². The van der Waals surface area contributed by atoms with E-state index in [1.165, 1.54) is 0 Å². The molecule has 3 nitrogen and oxygen atoms in total. The molecule has 4 heteroatoms. The Hall–Kier alpha value is -0.450. The maximum atomic E-state index is 5.43. The Bertz CT molecular complexity index is 243. The van der Waals surface area contributed by atoms with E-state index in [1.54, 1.807) is 14.2 Å². The molecule has 0 amide bonds. The lowest BCUT2D eigenvalue weighted by molar-refractivity contribution is -0.0216. The number of thiocarbonyl (C=S) groups is 1. The second kappa shape index (κ2) is 6.20. The first-order chi connectivity index (χ1) is 7.19.